The summed E-state index contributed by atoms with van der Waals surface area (Å²) in [6.07, 6.45) is 2.27. The lowest BCUT2D eigenvalue weighted by Gasteiger charge is -2.19. The smallest absolute Gasteiger partial charge is 0.415 e. The first-order valence-electron chi connectivity index (χ1n) is 13.7. The van der Waals surface area contributed by atoms with Crippen molar-refractivity contribution in [2.75, 3.05) is 43.1 Å². The first kappa shape index (κ1) is 26.0. The first-order chi connectivity index (χ1) is 19.6. The van der Waals surface area contributed by atoms with Gasteiger partial charge in [-0.25, -0.2) is 14.8 Å². The fourth-order valence-electron chi connectivity index (χ4n) is 5.04. The minimum absolute atomic E-state index is 0.0450. The van der Waals surface area contributed by atoms with Crippen molar-refractivity contribution in [2.45, 2.75) is 38.0 Å². The standard InChI is InChI=1S/C29H32N6O5/c36-26-18-38-24-9-10-25(33-28(24)34-26)35-16-22(40-29(35)37)11-13-30-15-19-4-1-5-20(14-19)23-7-2-8-27(32-23)39-17-21-6-3-12-31-21/h1-2,4-5,7-10,14,21-22,30-31H,3,6,11-13,15-18H2,(H,33,34,36). The number of cyclic esters (lactones) is 1. The van der Waals surface area contributed by atoms with Crippen LogP contribution in [0.15, 0.2) is 54.6 Å². The Morgan fingerprint density at radius 2 is 2.02 bits per heavy atom. The summed E-state index contributed by atoms with van der Waals surface area (Å²) in [5.74, 6) is 1.57. The van der Waals surface area contributed by atoms with Crippen LogP contribution in [0, 0.1) is 0 Å². The number of anilines is 2. The zero-order valence-corrected chi connectivity index (χ0v) is 22.1. The van der Waals surface area contributed by atoms with E-state index in [0.29, 0.717) is 62.0 Å². The van der Waals surface area contributed by atoms with Crippen LogP contribution in [0.4, 0.5) is 16.4 Å². The van der Waals surface area contributed by atoms with Crippen molar-refractivity contribution < 1.29 is 23.8 Å². The summed E-state index contributed by atoms with van der Waals surface area (Å²) >= 11 is 0. The number of nitrogens with one attached hydrogen (secondary N) is 3. The van der Waals surface area contributed by atoms with E-state index in [-0.39, 0.29) is 18.6 Å². The maximum absolute atomic E-state index is 12.5. The van der Waals surface area contributed by atoms with E-state index in [1.54, 1.807) is 12.1 Å². The number of benzene rings is 1. The summed E-state index contributed by atoms with van der Waals surface area (Å²) in [6, 6.07) is 17.9. The molecule has 2 fully saturated rings. The predicted octanol–water partition coefficient (Wildman–Crippen LogP) is 3.11. The monoisotopic (exact) mass is 544 g/mol. The Hall–Kier alpha value is -4.22. The van der Waals surface area contributed by atoms with Crippen molar-refractivity contribution in [1.29, 1.82) is 0 Å². The number of fused-ring (bicyclic) bond motifs is 1. The molecule has 0 bridgehead atoms. The maximum Gasteiger partial charge on any atom is 0.415 e. The number of rotatable bonds is 10. The van der Waals surface area contributed by atoms with Gasteiger partial charge in [0.05, 0.1) is 12.2 Å². The number of nitrogens with zero attached hydrogens (tertiary/aromatic N) is 3. The van der Waals surface area contributed by atoms with Gasteiger partial charge in [-0.05, 0) is 62.2 Å². The van der Waals surface area contributed by atoms with E-state index in [4.69, 9.17) is 19.2 Å². The molecule has 2 saturated heterocycles. The molecule has 0 spiro atoms. The molecule has 2 amide bonds. The Kier molecular flexibility index (Phi) is 7.73. The molecule has 0 aliphatic carbocycles. The Morgan fingerprint density at radius 1 is 1.10 bits per heavy atom. The van der Waals surface area contributed by atoms with E-state index >= 15 is 0 Å². The van der Waals surface area contributed by atoms with Gasteiger partial charge < -0.3 is 30.2 Å². The molecule has 2 unspecified atom stereocenters. The highest BCUT2D eigenvalue weighted by Crippen LogP contribution is 2.30. The molecule has 3 aliphatic heterocycles. The molecule has 6 rings (SSSR count). The summed E-state index contributed by atoms with van der Waals surface area (Å²) in [5, 5.41) is 9.55. The topological polar surface area (TPSA) is 127 Å². The molecule has 3 N–H and O–H groups in total. The van der Waals surface area contributed by atoms with Crippen LogP contribution in [0.2, 0.25) is 0 Å². The highest BCUT2D eigenvalue weighted by molar-refractivity contribution is 5.95. The second-order valence-corrected chi connectivity index (χ2v) is 10.1. The molecule has 11 nitrogen and oxygen atoms in total. The minimum Gasteiger partial charge on any atom is -0.480 e. The number of pyridine rings is 2. The van der Waals surface area contributed by atoms with Crippen LogP contribution in [0.5, 0.6) is 11.6 Å². The fraction of sp³-hybridized carbons (Fsp3) is 0.379. The molecule has 1 aromatic carbocycles. The number of carbonyl (C=O) groups is 2. The van der Waals surface area contributed by atoms with E-state index in [1.807, 2.05) is 30.3 Å². The van der Waals surface area contributed by atoms with Crippen molar-refractivity contribution in [3.8, 4) is 22.9 Å². The van der Waals surface area contributed by atoms with Crippen molar-refractivity contribution in [3.63, 3.8) is 0 Å². The summed E-state index contributed by atoms with van der Waals surface area (Å²) in [5.41, 5.74) is 3.04. The van der Waals surface area contributed by atoms with Crippen LogP contribution in [0.25, 0.3) is 11.3 Å². The van der Waals surface area contributed by atoms with Gasteiger partial charge in [0.25, 0.3) is 5.91 Å². The molecule has 208 valence electrons. The van der Waals surface area contributed by atoms with E-state index in [0.717, 1.165) is 29.8 Å². The van der Waals surface area contributed by atoms with Crippen LogP contribution in [-0.4, -0.2) is 67.0 Å². The van der Waals surface area contributed by atoms with Crippen LogP contribution >= 0.6 is 0 Å². The van der Waals surface area contributed by atoms with Crippen molar-refractivity contribution in [2.24, 2.45) is 0 Å². The SMILES string of the molecule is O=C1COc2ccc(N3CC(CCNCc4cccc(-c5cccc(OCC6CCCN6)n5)c4)OC3=O)nc2N1. The van der Waals surface area contributed by atoms with Crippen molar-refractivity contribution >= 4 is 23.6 Å². The second-order valence-electron chi connectivity index (χ2n) is 10.1. The average Bonchev–Trinajstić information content (AvgIpc) is 3.64. The predicted molar refractivity (Wildman–Crippen MR) is 148 cm³/mol. The average molecular weight is 545 g/mol. The Morgan fingerprint density at radius 3 is 2.92 bits per heavy atom. The normalized spacial score (nSPS) is 20.1. The summed E-state index contributed by atoms with van der Waals surface area (Å²) in [4.78, 5) is 34.6. The van der Waals surface area contributed by atoms with E-state index in [9.17, 15) is 9.59 Å². The van der Waals surface area contributed by atoms with Gasteiger partial charge in [-0.1, -0.05) is 24.3 Å². The third-order valence-corrected chi connectivity index (χ3v) is 7.12. The molecule has 0 radical (unpaired) electrons. The molecule has 2 atom stereocenters. The molecule has 3 aliphatic rings. The molecule has 40 heavy (non-hydrogen) atoms. The third kappa shape index (κ3) is 6.16. The highest BCUT2D eigenvalue weighted by atomic mass is 16.6. The van der Waals surface area contributed by atoms with Crippen molar-refractivity contribution in [3.05, 3.63) is 60.2 Å². The summed E-state index contributed by atoms with van der Waals surface area (Å²) < 4.78 is 16.8. The number of hydrogen-bond donors (Lipinski definition) is 3. The first-order valence-corrected chi connectivity index (χ1v) is 13.7. The number of aromatic nitrogens is 2. The molecule has 5 heterocycles. The van der Waals surface area contributed by atoms with Crippen LogP contribution in [-0.2, 0) is 16.1 Å². The quantitative estimate of drug-likeness (QED) is 0.330. The summed E-state index contributed by atoms with van der Waals surface area (Å²) in [6.45, 7) is 3.37. The molecule has 11 heteroatoms. The Balaban J connectivity index is 0.986. The minimum atomic E-state index is -0.452. The van der Waals surface area contributed by atoms with Gasteiger partial charge in [0, 0.05) is 24.2 Å². The second kappa shape index (κ2) is 11.9. The third-order valence-electron chi connectivity index (χ3n) is 7.12. The van der Waals surface area contributed by atoms with Gasteiger partial charge in [0.15, 0.2) is 18.2 Å². The Labute approximate surface area is 232 Å². The highest BCUT2D eigenvalue weighted by Gasteiger charge is 2.33. The fourth-order valence-corrected chi connectivity index (χ4v) is 5.04. The van der Waals surface area contributed by atoms with Crippen LogP contribution < -0.4 is 30.3 Å². The zero-order valence-electron chi connectivity index (χ0n) is 22.1. The maximum atomic E-state index is 12.5. The van der Waals surface area contributed by atoms with Crippen LogP contribution in [0.1, 0.15) is 24.8 Å². The van der Waals surface area contributed by atoms with Gasteiger partial charge in [-0.15, -0.1) is 0 Å². The molecule has 0 saturated carbocycles. The zero-order chi connectivity index (χ0) is 27.3. The summed E-state index contributed by atoms with van der Waals surface area (Å²) in [7, 11) is 0. The molecular formula is C29H32N6O5. The van der Waals surface area contributed by atoms with E-state index < -0.39 is 6.09 Å². The van der Waals surface area contributed by atoms with E-state index in [2.05, 4.69) is 33.1 Å². The number of carbonyl (C=O) groups excluding carboxylic acids is 2. The lowest BCUT2D eigenvalue weighted by molar-refractivity contribution is -0.118. The lowest BCUT2D eigenvalue weighted by Crippen LogP contribution is -2.29. The number of amides is 2. The van der Waals surface area contributed by atoms with Crippen molar-refractivity contribution in [1.82, 2.24) is 20.6 Å². The molecule has 2 aromatic heterocycles. The van der Waals surface area contributed by atoms with Crippen LogP contribution in [0.3, 0.4) is 0 Å². The number of ether oxygens (including phenoxy) is 3. The van der Waals surface area contributed by atoms with Gasteiger partial charge in [-0.3, -0.25) is 9.69 Å². The lowest BCUT2D eigenvalue weighted by atomic mass is 10.1. The van der Waals surface area contributed by atoms with Gasteiger partial charge >= 0.3 is 6.09 Å². The molecular weight excluding hydrogens is 512 g/mol. The molecule has 3 aromatic rings. The van der Waals surface area contributed by atoms with Gasteiger partial charge in [0.2, 0.25) is 5.88 Å². The largest absolute Gasteiger partial charge is 0.480 e. The Bertz CT molecular complexity index is 1380. The number of hydrogen-bond acceptors (Lipinski definition) is 9. The van der Waals surface area contributed by atoms with Gasteiger partial charge in [-0.2, -0.15) is 0 Å². The van der Waals surface area contributed by atoms with E-state index in [1.165, 1.54) is 11.3 Å². The van der Waals surface area contributed by atoms with Gasteiger partial charge in [0.1, 0.15) is 18.5 Å².